The second-order valence-electron chi connectivity index (χ2n) is 3.45. The highest BCUT2D eigenvalue weighted by molar-refractivity contribution is 6.30. The van der Waals surface area contributed by atoms with Gasteiger partial charge in [0.1, 0.15) is 6.04 Å². The Morgan fingerprint density at radius 3 is 3.00 bits per heavy atom. The first kappa shape index (κ1) is 11.0. The Morgan fingerprint density at radius 2 is 2.31 bits per heavy atom. The van der Waals surface area contributed by atoms with E-state index in [9.17, 15) is 4.79 Å². The Morgan fingerprint density at radius 1 is 1.56 bits per heavy atom. The number of benzene rings is 1. The summed E-state index contributed by atoms with van der Waals surface area (Å²) in [4.78, 5) is 10.7. The van der Waals surface area contributed by atoms with E-state index in [-0.39, 0.29) is 13.2 Å². The van der Waals surface area contributed by atoms with Gasteiger partial charge in [-0.15, -0.1) is 0 Å². The molecule has 2 rings (SSSR count). The van der Waals surface area contributed by atoms with Crippen LogP contribution in [-0.2, 0) is 11.2 Å². The summed E-state index contributed by atoms with van der Waals surface area (Å²) in [5.74, 6) is -0.00571. The Labute approximate surface area is 96.7 Å². The average molecular weight is 244 g/mol. The molecule has 1 aliphatic heterocycles. The maximum atomic E-state index is 10.7. The Hall–Kier alpha value is -1.46. The molecule has 0 bridgehead atoms. The fourth-order valence-electron chi connectivity index (χ4n) is 1.52. The van der Waals surface area contributed by atoms with Crippen LogP contribution < -0.4 is 15.2 Å². The van der Waals surface area contributed by atoms with E-state index in [0.717, 1.165) is 0 Å². The fourth-order valence-corrected chi connectivity index (χ4v) is 1.75. The molecule has 16 heavy (non-hydrogen) atoms. The van der Waals surface area contributed by atoms with Crippen molar-refractivity contribution in [1.82, 2.24) is 0 Å². The van der Waals surface area contributed by atoms with Gasteiger partial charge < -0.3 is 20.3 Å². The lowest BCUT2D eigenvalue weighted by Gasteiger charge is -2.09. The van der Waals surface area contributed by atoms with Crippen LogP contribution in [0.2, 0.25) is 5.02 Å². The van der Waals surface area contributed by atoms with E-state index in [0.29, 0.717) is 22.1 Å². The van der Waals surface area contributed by atoms with Crippen LogP contribution in [0.5, 0.6) is 11.5 Å². The van der Waals surface area contributed by atoms with E-state index in [1.54, 1.807) is 12.1 Å². The van der Waals surface area contributed by atoms with Gasteiger partial charge in [0.05, 0.1) is 0 Å². The van der Waals surface area contributed by atoms with E-state index in [1.807, 2.05) is 0 Å². The molecule has 1 aliphatic rings. The minimum atomic E-state index is -1.06. The zero-order valence-electron chi connectivity index (χ0n) is 8.27. The van der Waals surface area contributed by atoms with Crippen molar-refractivity contribution < 1.29 is 19.4 Å². The molecular weight excluding hydrogens is 234 g/mol. The number of nitrogens with two attached hydrogens (primary N) is 1. The van der Waals surface area contributed by atoms with Gasteiger partial charge >= 0.3 is 5.97 Å². The standard InChI is InChI=1S/C10H10ClNO4/c11-6-1-5(2-7(12)10(13)14)9-8(3-6)15-4-16-9/h1,3,7H,2,4,12H2,(H,13,14). The number of carboxylic acids is 1. The van der Waals surface area contributed by atoms with Crippen LogP contribution in [0.15, 0.2) is 12.1 Å². The predicted octanol–water partition coefficient (Wildman–Crippen LogP) is 1.02. The first-order chi connectivity index (χ1) is 7.58. The van der Waals surface area contributed by atoms with Crippen LogP contribution in [0.4, 0.5) is 0 Å². The zero-order chi connectivity index (χ0) is 11.7. The Kier molecular flexibility index (Phi) is 2.89. The van der Waals surface area contributed by atoms with Gasteiger partial charge in [-0.1, -0.05) is 11.6 Å². The number of halogens is 1. The molecule has 1 heterocycles. The average Bonchev–Trinajstić information content (AvgIpc) is 2.65. The van der Waals surface area contributed by atoms with E-state index in [1.165, 1.54) is 0 Å². The second kappa shape index (κ2) is 4.19. The van der Waals surface area contributed by atoms with E-state index >= 15 is 0 Å². The van der Waals surface area contributed by atoms with Gasteiger partial charge in [0.25, 0.3) is 0 Å². The summed E-state index contributed by atoms with van der Waals surface area (Å²) in [5.41, 5.74) is 6.10. The predicted molar refractivity (Wildman–Crippen MR) is 56.9 cm³/mol. The summed E-state index contributed by atoms with van der Waals surface area (Å²) in [6.45, 7) is 0.116. The molecule has 0 saturated carbocycles. The SMILES string of the molecule is NC(Cc1cc(Cl)cc2c1OCO2)C(=O)O. The molecule has 1 aromatic rings. The van der Waals surface area contributed by atoms with Gasteiger partial charge in [0.15, 0.2) is 11.5 Å². The van der Waals surface area contributed by atoms with Crippen LogP contribution in [0, 0.1) is 0 Å². The molecule has 86 valence electrons. The molecule has 1 aromatic carbocycles. The molecular formula is C10H10ClNO4. The maximum absolute atomic E-state index is 10.7. The van der Waals surface area contributed by atoms with Gasteiger partial charge in [-0.3, -0.25) is 4.79 Å². The third kappa shape index (κ3) is 2.05. The lowest BCUT2D eigenvalue weighted by molar-refractivity contribution is -0.138. The molecule has 0 aliphatic carbocycles. The van der Waals surface area contributed by atoms with Crippen molar-refractivity contribution in [3.05, 3.63) is 22.7 Å². The number of rotatable bonds is 3. The molecule has 5 nitrogen and oxygen atoms in total. The minimum absolute atomic E-state index is 0.116. The summed E-state index contributed by atoms with van der Waals surface area (Å²) in [5, 5.41) is 9.20. The Bertz CT molecular complexity index is 435. The number of hydrogen-bond acceptors (Lipinski definition) is 4. The number of ether oxygens (including phenoxy) is 2. The van der Waals surface area contributed by atoms with Crippen LogP contribution >= 0.6 is 11.6 Å². The molecule has 3 N–H and O–H groups in total. The molecule has 0 radical (unpaired) electrons. The van der Waals surface area contributed by atoms with Gasteiger partial charge in [0, 0.05) is 23.1 Å². The number of carboxylic acid groups (broad SMARTS) is 1. The van der Waals surface area contributed by atoms with Crippen molar-refractivity contribution in [1.29, 1.82) is 0 Å². The van der Waals surface area contributed by atoms with Crippen molar-refractivity contribution in [2.45, 2.75) is 12.5 Å². The highest BCUT2D eigenvalue weighted by atomic mass is 35.5. The van der Waals surface area contributed by atoms with Crippen LogP contribution in [0.3, 0.4) is 0 Å². The summed E-state index contributed by atoms with van der Waals surface area (Å²) in [6.07, 6.45) is 0.154. The van der Waals surface area contributed by atoms with Crippen molar-refractivity contribution in [2.24, 2.45) is 5.73 Å². The normalized spacial score (nSPS) is 14.9. The quantitative estimate of drug-likeness (QED) is 0.828. The van der Waals surface area contributed by atoms with Crippen molar-refractivity contribution >= 4 is 17.6 Å². The maximum Gasteiger partial charge on any atom is 0.320 e. The highest BCUT2D eigenvalue weighted by Crippen LogP contribution is 2.38. The van der Waals surface area contributed by atoms with E-state index in [2.05, 4.69) is 0 Å². The summed E-state index contributed by atoms with van der Waals surface area (Å²) >= 11 is 5.87. The molecule has 0 aromatic heterocycles. The summed E-state index contributed by atoms with van der Waals surface area (Å²) in [7, 11) is 0. The van der Waals surface area contributed by atoms with Gasteiger partial charge in [-0.05, 0) is 6.07 Å². The third-order valence-electron chi connectivity index (χ3n) is 2.27. The largest absolute Gasteiger partial charge is 0.480 e. The summed E-state index contributed by atoms with van der Waals surface area (Å²) < 4.78 is 10.4. The van der Waals surface area contributed by atoms with E-state index < -0.39 is 12.0 Å². The monoisotopic (exact) mass is 243 g/mol. The Balaban J connectivity index is 2.30. The van der Waals surface area contributed by atoms with Crippen molar-refractivity contribution in [3.63, 3.8) is 0 Å². The number of fused-ring (bicyclic) bond motifs is 1. The molecule has 1 unspecified atom stereocenters. The number of hydrogen-bond donors (Lipinski definition) is 2. The van der Waals surface area contributed by atoms with Gasteiger partial charge in [-0.2, -0.15) is 0 Å². The molecule has 6 heteroatoms. The van der Waals surface area contributed by atoms with Gasteiger partial charge in [-0.25, -0.2) is 0 Å². The lowest BCUT2D eigenvalue weighted by Crippen LogP contribution is -2.32. The van der Waals surface area contributed by atoms with Crippen LogP contribution in [0.1, 0.15) is 5.56 Å². The van der Waals surface area contributed by atoms with Crippen molar-refractivity contribution in [2.75, 3.05) is 6.79 Å². The lowest BCUT2D eigenvalue weighted by atomic mass is 10.1. The minimum Gasteiger partial charge on any atom is -0.480 e. The van der Waals surface area contributed by atoms with Crippen LogP contribution in [-0.4, -0.2) is 23.9 Å². The molecule has 0 fully saturated rings. The summed E-state index contributed by atoms with van der Waals surface area (Å²) in [6, 6.07) is 2.28. The second-order valence-corrected chi connectivity index (χ2v) is 3.88. The molecule has 1 atom stereocenters. The number of carbonyl (C=O) groups is 1. The molecule has 0 saturated heterocycles. The fraction of sp³-hybridized carbons (Fsp3) is 0.300. The first-order valence-electron chi connectivity index (χ1n) is 4.64. The third-order valence-corrected chi connectivity index (χ3v) is 2.49. The zero-order valence-corrected chi connectivity index (χ0v) is 9.03. The van der Waals surface area contributed by atoms with Gasteiger partial charge in [0.2, 0.25) is 6.79 Å². The smallest absolute Gasteiger partial charge is 0.320 e. The number of aliphatic carboxylic acids is 1. The highest BCUT2D eigenvalue weighted by Gasteiger charge is 2.22. The molecule has 0 amide bonds. The van der Waals surface area contributed by atoms with Crippen LogP contribution in [0.25, 0.3) is 0 Å². The van der Waals surface area contributed by atoms with Crippen molar-refractivity contribution in [3.8, 4) is 11.5 Å². The first-order valence-corrected chi connectivity index (χ1v) is 5.02. The van der Waals surface area contributed by atoms with E-state index in [4.69, 9.17) is 31.9 Å². The molecule has 0 spiro atoms. The topological polar surface area (TPSA) is 81.8 Å².